The first-order valence-electron chi connectivity index (χ1n) is 6.01. The zero-order chi connectivity index (χ0) is 11.5. The zero-order valence-electron chi connectivity index (χ0n) is 10.3. The van der Waals surface area contributed by atoms with Gasteiger partial charge in [0.1, 0.15) is 0 Å². The first kappa shape index (κ1) is 11.1. The van der Waals surface area contributed by atoms with E-state index in [-0.39, 0.29) is 0 Å². The number of benzene rings is 1. The highest BCUT2D eigenvalue weighted by Crippen LogP contribution is 2.18. The average molecular weight is 213 g/mol. The van der Waals surface area contributed by atoms with Crippen LogP contribution in [0.25, 0.3) is 10.9 Å². The van der Waals surface area contributed by atoms with E-state index in [0.29, 0.717) is 11.8 Å². The normalized spacial score (nSPS) is 13.2. The number of nitrogens with zero attached hydrogens (tertiary/aromatic N) is 1. The number of hydrogen-bond donors (Lipinski definition) is 0. The number of pyridine rings is 1. The van der Waals surface area contributed by atoms with Gasteiger partial charge < -0.3 is 0 Å². The Morgan fingerprint density at radius 3 is 2.50 bits per heavy atom. The first-order chi connectivity index (χ1) is 7.66. The topological polar surface area (TPSA) is 12.9 Å². The summed E-state index contributed by atoms with van der Waals surface area (Å²) in [6.45, 7) is 6.83. The van der Waals surface area contributed by atoms with Gasteiger partial charge in [0, 0.05) is 11.1 Å². The van der Waals surface area contributed by atoms with Crippen molar-refractivity contribution in [2.75, 3.05) is 0 Å². The van der Waals surface area contributed by atoms with Crippen molar-refractivity contribution in [3.63, 3.8) is 0 Å². The standard InChI is InChI=1S/C15H19N/c1-11(2)12(3)10-14-9-8-13-6-4-5-7-15(13)16-14/h4-9,11-12H,10H2,1-3H3. The van der Waals surface area contributed by atoms with Crippen molar-refractivity contribution in [3.05, 3.63) is 42.1 Å². The number of para-hydroxylation sites is 1. The minimum absolute atomic E-state index is 0.689. The van der Waals surface area contributed by atoms with Gasteiger partial charge in [-0.25, -0.2) is 0 Å². The van der Waals surface area contributed by atoms with Crippen molar-refractivity contribution in [1.29, 1.82) is 0 Å². The van der Waals surface area contributed by atoms with E-state index in [4.69, 9.17) is 4.98 Å². The molecule has 1 aromatic heterocycles. The fourth-order valence-electron chi connectivity index (χ4n) is 1.79. The second-order valence-electron chi connectivity index (χ2n) is 4.92. The molecule has 1 nitrogen and oxygen atoms in total. The molecule has 1 atom stereocenters. The van der Waals surface area contributed by atoms with E-state index in [1.165, 1.54) is 11.1 Å². The molecule has 0 radical (unpaired) electrons. The Kier molecular flexibility index (Phi) is 3.23. The van der Waals surface area contributed by atoms with Gasteiger partial charge in [0.05, 0.1) is 5.52 Å². The van der Waals surface area contributed by atoms with Gasteiger partial charge in [-0.2, -0.15) is 0 Å². The third kappa shape index (κ3) is 2.41. The van der Waals surface area contributed by atoms with Gasteiger partial charge in [-0.15, -0.1) is 0 Å². The Balaban J connectivity index is 2.26. The van der Waals surface area contributed by atoms with Crippen LogP contribution >= 0.6 is 0 Å². The molecule has 0 aliphatic rings. The molecule has 0 spiro atoms. The molecule has 84 valence electrons. The van der Waals surface area contributed by atoms with Crippen molar-refractivity contribution in [2.45, 2.75) is 27.2 Å². The van der Waals surface area contributed by atoms with Crippen molar-refractivity contribution in [3.8, 4) is 0 Å². The molecule has 16 heavy (non-hydrogen) atoms. The van der Waals surface area contributed by atoms with E-state index >= 15 is 0 Å². The van der Waals surface area contributed by atoms with Crippen molar-refractivity contribution >= 4 is 10.9 Å². The first-order valence-corrected chi connectivity index (χ1v) is 6.01. The Bertz CT molecular complexity index is 474. The summed E-state index contributed by atoms with van der Waals surface area (Å²) in [7, 11) is 0. The molecule has 2 aromatic rings. The molecule has 0 aliphatic heterocycles. The highest BCUT2D eigenvalue weighted by Gasteiger charge is 2.09. The Morgan fingerprint density at radius 1 is 1.00 bits per heavy atom. The summed E-state index contributed by atoms with van der Waals surface area (Å²) in [4.78, 5) is 4.70. The van der Waals surface area contributed by atoms with Crippen LogP contribution in [0.5, 0.6) is 0 Å². The van der Waals surface area contributed by atoms with Crippen LogP contribution in [0.15, 0.2) is 36.4 Å². The van der Waals surface area contributed by atoms with Gasteiger partial charge in [0.15, 0.2) is 0 Å². The van der Waals surface area contributed by atoms with E-state index in [1.807, 2.05) is 6.07 Å². The van der Waals surface area contributed by atoms with Crippen LogP contribution in [-0.4, -0.2) is 4.98 Å². The van der Waals surface area contributed by atoms with Gasteiger partial charge in [0.25, 0.3) is 0 Å². The summed E-state index contributed by atoms with van der Waals surface area (Å²) in [6, 6.07) is 12.6. The van der Waals surface area contributed by atoms with Crippen LogP contribution in [0.1, 0.15) is 26.5 Å². The predicted octanol–water partition coefficient (Wildman–Crippen LogP) is 4.07. The third-order valence-corrected chi connectivity index (χ3v) is 3.33. The number of hydrogen-bond acceptors (Lipinski definition) is 1. The Hall–Kier alpha value is -1.37. The Labute approximate surface area is 97.5 Å². The molecule has 1 aromatic carbocycles. The van der Waals surface area contributed by atoms with Crippen molar-refractivity contribution in [2.24, 2.45) is 11.8 Å². The molecule has 2 rings (SSSR count). The lowest BCUT2D eigenvalue weighted by molar-refractivity contribution is 0.414. The second kappa shape index (κ2) is 4.65. The third-order valence-electron chi connectivity index (χ3n) is 3.33. The highest BCUT2D eigenvalue weighted by atomic mass is 14.7. The molecule has 0 bridgehead atoms. The number of rotatable bonds is 3. The lowest BCUT2D eigenvalue weighted by atomic mass is 9.93. The molecule has 0 fully saturated rings. The Morgan fingerprint density at radius 2 is 1.75 bits per heavy atom. The van der Waals surface area contributed by atoms with E-state index < -0.39 is 0 Å². The van der Waals surface area contributed by atoms with Crippen LogP contribution in [0.3, 0.4) is 0 Å². The maximum Gasteiger partial charge on any atom is 0.0705 e. The second-order valence-corrected chi connectivity index (χ2v) is 4.92. The van der Waals surface area contributed by atoms with E-state index in [2.05, 4.69) is 51.1 Å². The van der Waals surface area contributed by atoms with Crippen LogP contribution in [0, 0.1) is 11.8 Å². The van der Waals surface area contributed by atoms with Crippen molar-refractivity contribution in [1.82, 2.24) is 4.98 Å². The van der Waals surface area contributed by atoms with Gasteiger partial charge in [-0.3, -0.25) is 4.98 Å². The SMILES string of the molecule is CC(C)C(C)Cc1ccc2ccccc2n1. The fraction of sp³-hybridized carbons (Fsp3) is 0.400. The smallest absolute Gasteiger partial charge is 0.0705 e. The quantitative estimate of drug-likeness (QED) is 0.749. The minimum atomic E-state index is 0.689. The largest absolute Gasteiger partial charge is 0.253 e. The number of aromatic nitrogens is 1. The molecule has 0 amide bonds. The van der Waals surface area contributed by atoms with Crippen LogP contribution in [0.4, 0.5) is 0 Å². The maximum atomic E-state index is 4.70. The highest BCUT2D eigenvalue weighted by molar-refractivity contribution is 5.78. The monoisotopic (exact) mass is 213 g/mol. The molecule has 0 aliphatic carbocycles. The van der Waals surface area contributed by atoms with Crippen molar-refractivity contribution < 1.29 is 0 Å². The van der Waals surface area contributed by atoms with Crippen LogP contribution in [0.2, 0.25) is 0 Å². The summed E-state index contributed by atoms with van der Waals surface area (Å²) in [5.41, 5.74) is 2.32. The average Bonchev–Trinajstić information content (AvgIpc) is 2.28. The summed E-state index contributed by atoms with van der Waals surface area (Å²) in [6.07, 6.45) is 1.07. The van der Waals surface area contributed by atoms with Gasteiger partial charge >= 0.3 is 0 Å². The molecule has 1 unspecified atom stereocenters. The molecule has 0 saturated carbocycles. The maximum absolute atomic E-state index is 4.70. The summed E-state index contributed by atoms with van der Waals surface area (Å²) in [5, 5.41) is 1.23. The van der Waals surface area contributed by atoms with Crippen LogP contribution < -0.4 is 0 Å². The van der Waals surface area contributed by atoms with E-state index in [0.717, 1.165) is 11.9 Å². The fourth-order valence-corrected chi connectivity index (χ4v) is 1.79. The molecule has 1 heterocycles. The molecule has 0 N–H and O–H groups in total. The predicted molar refractivity (Wildman–Crippen MR) is 69.4 cm³/mol. The van der Waals surface area contributed by atoms with Gasteiger partial charge in [0.2, 0.25) is 0 Å². The van der Waals surface area contributed by atoms with E-state index in [9.17, 15) is 0 Å². The van der Waals surface area contributed by atoms with Gasteiger partial charge in [-0.1, -0.05) is 45.0 Å². The number of fused-ring (bicyclic) bond motifs is 1. The molecule has 1 heteroatoms. The molecular weight excluding hydrogens is 194 g/mol. The molecular formula is C15H19N. The lowest BCUT2D eigenvalue weighted by Crippen LogP contribution is -2.08. The lowest BCUT2D eigenvalue weighted by Gasteiger charge is -2.14. The minimum Gasteiger partial charge on any atom is -0.253 e. The summed E-state index contributed by atoms with van der Waals surface area (Å²) in [5.74, 6) is 1.40. The zero-order valence-corrected chi connectivity index (χ0v) is 10.3. The van der Waals surface area contributed by atoms with Crippen LogP contribution in [-0.2, 0) is 6.42 Å². The summed E-state index contributed by atoms with van der Waals surface area (Å²) < 4.78 is 0. The summed E-state index contributed by atoms with van der Waals surface area (Å²) >= 11 is 0. The molecule has 0 saturated heterocycles. The van der Waals surface area contributed by atoms with Gasteiger partial charge in [-0.05, 0) is 30.4 Å². The van der Waals surface area contributed by atoms with E-state index in [1.54, 1.807) is 0 Å².